The van der Waals surface area contributed by atoms with Crippen molar-refractivity contribution < 1.29 is 14.7 Å². The van der Waals surface area contributed by atoms with Crippen LogP contribution in [0, 0.1) is 0 Å². The number of likely N-dealkylation sites (tertiary alicyclic amines) is 1. The lowest BCUT2D eigenvalue weighted by molar-refractivity contribution is -0.134. The first-order valence-electron chi connectivity index (χ1n) is 8.86. The summed E-state index contributed by atoms with van der Waals surface area (Å²) in [4.78, 5) is 25.9. The molecular weight excluding hydrogens is 320 g/mol. The first-order chi connectivity index (χ1) is 12.1. The van der Waals surface area contributed by atoms with Gasteiger partial charge in [-0.05, 0) is 37.9 Å². The van der Waals surface area contributed by atoms with Gasteiger partial charge in [0.2, 0.25) is 5.91 Å². The second kappa shape index (κ2) is 10.0. The monoisotopic (exact) mass is 348 g/mol. The summed E-state index contributed by atoms with van der Waals surface area (Å²) in [5.41, 5.74) is 6.43. The minimum absolute atomic E-state index is 0.110. The lowest BCUT2D eigenvalue weighted by Gasteiger charge is -2.29. The lowest BCUT2D eigenvalue weighted by atomic mass is 10.0. The Balaban J connectivity index is 2.00. The first-order valence-corrected chi connectivity index (χ1v) is 8.86. The molecule has 25 heavy (non-hydrogen) atoms. The Morgan fingerprint density at radius 1 is 1.32 bits per heavy atom. The van der Waals surface area contributed by atoms with Gasteiger partial charge in [0.15, 0.2) is 0 Å². The number of benzene rings is 1. The Hall–Kier alpha value is -2.12. The molecule has 0 unspecified atom stereocenters. The standard InChI is InChI=1S/C18H28N4O3/c19-9-5-10-20-13-15-8-4-11-22(15)17(23)16(21-18(24)25)12-14-6-2-1-3-7-14/h1-3,6-7,15-16,20-21H,4-5,8-13,19H2,(H,24,25)/t15-,16+/m1/s1. The van der Waals surface area contributed by atoms with E-state index in [0.29, 0.717) is 19.5 Å². The number of amides is 2. The van der Waals surface area contributed by atoms with Gasteiger partial charge in [-0.2, -0.15) is 0 Å². The molecule has 0 aromatic heterocycles. The minimum Gasteiger partial charge on any atom is -0.465 e. The van der Waals surface area contributed by atoms with Crippen LogP contribution in [0.25, 0.3) is 0 Å². The van der Waals surface area contributed by atoms with Crippen molar-refractivity contribution in [1.29, 1.82) is 0 Å². The van der Waals surface area contributed by atoms with Gasteiger partial charge in [0.05, 0.1) is 0 Å². The zero-order valence-corrected chi connectivity index (χ0v) is 14.5. The van der Waals surface area contributed by atoms with E-state index >= 15 is 0 Å². The molecule has 1 aliphatic rings. The molecule has 2 rings (SSSR count). The van der Waals surface area contributed by atoms with Crippen molar-refractivity contribution in [2.75, 3.05) is 26.2 Å². The van der Waals surface area contributed by atoms with Crippen LogP contribution in [0.15, 0.2) is 30.3 Å². The second-order valence-corrected chi connectivity index (χ2v) is 6.37. The smallest absolute Gasteiger partial charge is 0.405 e. The predicted octanol–water partition coefficient (Wildman–Crippen LogP) is 0.795. The molecule has 138 valence electrons. The number of rotatable bonds is 9. The van der Waals surface area contributed by atoms with E-state index in [2.05, 4.69) is 10.6 Å². The number of nitrogens with zero attached hydrogens (tertiary/aromatic N) is 1. The number of hydrogen-bond donors (Lipinski definition) is 4. The highest BCUT2D eigenvalue weighted by Crippen LogP contribution is 2.19. The van der Waals surface area contributed by atoms with E-state index in [0.717, 1.165) is 37.9 Å². The van der Waals surface area contributed by atoms with Crippen molar-refractivity contribution in [2.45, 2.75) is 37.8 Å². The van der Waals surface area contributed by atoms with Crippen molar-refractivity contribution in [1.82, 2.24) is 15.5 Å². The highest BCUT2D eigenvalue weighted by atomic mass is 16.4. The Morgan fingerprint density at radius 2 is 2.08 bits per heavy atom. The van der Waals surface area contributed by atoms with Gasteiger partial charge in [-0.1, -0.05) is 30.3 Å². The fraction of sp³-hybridized carbons (Fsp3) is 0.556. The average molecular weight is 348 g/mol. The number of hydrogen-bond acceptors (Lipinski definition) is 4. The third-order valence-corrected chi connectivity index (χ3v) is 4.48. The van der Waals surface area contributed by atoms with Crippen molar-refractivity contribution in [3.05, 3.63) is 35.9 Å². The quantitative estimate of drug-likeness (QED) is 0.494. The van der Waals surface area contributed by atoms with Crippen molar-refractivity contribution in [3.8, 4) is 0 Å². The molecule has 2 amide bonds. The van der Waals surface area contributed by atoms with Crippen LogP contribution >= 0.6 is 0 Å². The number of carbonyl (C=O) groups is 2. The molecular formula is C18H28N4O3. The molecule has 1 fully saturated rings. The summed E-state index contributed by atoms with van der Waals surface area (Å²) in [6.07, 6.45) is 1.96. The lowest BCUT2D eigenvalue weighted by Crippen LogP contribution is -2.52. The SMILES string of the molecule is NCCCNC[C@H]1CCCN1C(=O)[C@H](Cc1ccccc1)NC(=O)O. The number of carbonyl (C=O) groups excluding carboxylic acids is 1. The largest absolute Gasteiger partial charge is 0.465 e. The molecule has 0 spiro atoms. The fourth-order valence-corrected chi connectivity index (χ4v) is 3.23. The molecule has 1 aromatic carbocycles. The molecule has 0 bridgehead atoms. The zero-order chi connectivity index (χ0) is 18.1. The molecule has 5 N–H and O–H groups in total. The van der Waals surface area contributed by atoms with Crippen LogP contribution in [0.1, 0.15) is 24.8 Å². The van der Waals surface area contributed by atoms with Crippen LogP contribution in [0.2, 0.25) is 0 Å². The maximum Gasteiger partial charge on any atom is 0.405 e. The summed E-state index contributed by atoms with van der Waals surface area (Å²) in [5.74, 6) is -0.144. The van der Waals surface area contributed by atoms with Gasteiger partial charge in [-0.25, -0.2) is 4.79 Å². The zero-order valence-electron chi connectivity index (χ0n) is 14.5. The van der Waals surface area contributed by atoms with E-state index in [-0.39, 0.29) is 11.9 Å². The van der Waals surface area contributed by atoms with Crippen molar-refractivity contribution in [3.63, 3.8) is 0 Å². The van der Waals surface area contributed by atoms with Gasteiger partial charge >= 0.3 is 6.09 Å². The van der Waals surface area contributed by atoms with Gasteiger partial charge in [0, 0.05) is 25.6 Å². The third-order valence-electron chi connectivity index (χ3n) is 4.48. The number of nitrogens with two attached hydrogens (primary N) is 1. The summed E-state index contributed by atoms with van der Waals surface area (Å²) >= 11 is 0. The van der Waals surface area contributed by atoms with E-state index in [1.54, 1.807) is 0 Å². The van der Waals surface area contributed by atoms with E-state index in [4.69, 9.17) is 10.8 Å². The average Bonchev–Trinajstić information content (AvgIpc) is 3.06. The van der Waals surface area contributed by atoms with Gasteiger partial charge in [-0.3, -0.25) is 4.79 Å². The van der Waals surface area contributed by atoms with E-state index < -0.39 is 12.1 Å². The van der Waals surface area contributed by atoms with E-state index in [1.807, 2.05) is 35.2 Å². The Bertz CT molecular complexity index is 553. The summed E-state index contributed by atoms with van der Waals surface area (Å²) in [7, 11) is 0. The molecule has 1 aliphatic heterocycles. The maximum atomic E-state index is 12.9. The fourth-order valence-electron chi connectivity index (χ4n) is 3.23. The van der Waals surface area contributed by atoms with Crippen molar-refractivity contribution in [2.24, 2.45) is 5.73 Å². The molecule has 0 aliphatic carbocycles. The summed E-state index contributed by atoms with van der Waals surface area (Å²) in [6, 6.07) is 8.83. The maximum absolute atomic E-state index is 12.9. The van der Waals surface area contributed by atoms with Gasteiger partial charge in [0.1, 0.15) is 6.04 Å². The summed E-state index contributed by atoms with van der Waals surface area (Å²) in [6.45, 7) is 2.86. The van der Waals surface area contributed by atoms with E-state index in [1.165, 1.54) is 0 Å². The van der Waals surface area contributed by atoms with Crippen LogP contribution in [-0.4, -0.2) is 60.3 Å². The summed E-state index contributed by atoms with van der Waals surface area (Å²) < 4.78 is 0. The van der Waals surface area contributed by atoms with Gasteiger partial charge in [-0.15, -0.1) is 0 Å². The molecule has 7 nitrogen and oxygen atoms in total. The highest BCUT2D eigenvalue weighted by Gasteiger charge is 2.33. The molecule has 1 heterocycles. The van der Waals surface area contributed by atoms with Crippen LogP contribution in [0.5, 0.6) is 0 Å². The van der Waals surface area contributed by atoms with Crippen molar-refractivity contribution >= 4 is 12.0 Å². The normalized spacial score (nSPS) is 18.1. The van der Waals surface area contributed by atoms with Gasteiger partial charge < -0.3 is 26.4 Å². The Kier molecular flexibility index (Phi) is 7.69. The number of nitrogens with one attached hydrogen (secondary N) is 2. The third kappa shape index (κ3) is 6.03. The predicted molar refractivity (Wildman–Crippen MR) is 96.4 cm³/mol. The molecule has 1 aromatic rings. The molecule has 0 radical (unpaired) electrons. The van der Waals surface area contributed by atoms with Crippen LogP contribution < -0.4 is 16.4 Å². The van der Waals surface area contributed by atoms with Crippen LogP contribution in [0.4, 0.5) is 4.79 Å². The number of carboxylic acid groups (broad SMARTS) is 1. The first kappa shape index (κ1) is 19.2. The second-order valence-electron chi connectivity index (χ2n) is 6.37. The Morgan fingerprint density at radius 3 is 2.76 bits per heavy atom. The Labute approximate surface area is 148 Å². The molecule has 1 saturated heterocycles. The van der Waals surface area contributed by atoms with Gasteiger partial charge in [0.25, 0.3) is 0 Å². The molecule has 7 heteroatoms. The minimum atomic E-state index is -1.17. The topological polar surface area (TPSA) is 108 Å². The molecule has 2 atom stereocenters. The molecule has 0 saturated carbocycles. The van der Waals surface area contributed by atoms with Crippen LogP contribution in [0.3, 0.4) is 0 Å². The summed E-state index contributed by atoms with van der Waals surface area (Å²) in [5, 5.41) is 14.8. The van der Waals surface area contributed by atoms with E-state index in [9.17, 15) is 9.59 Å². The van der Waals surface area contributed by atoms with Crippen LogP contribution in [-0.2, 0) is 11.2 Å². The highest BCUT2D eigenvalue weighted by molar-refractivity contribution is 5.86.